The number of hydrogen-bond donors (Lipinski definition) is 2. The summed E-state index contributed by atoms with van der Waals surface area (Å²) in [7, 11) is 1.72. The van der Waals surface area contributed by atoms with E-state index in [-0.39, 0.29) is 0 Å². The number of rotatable bonds is 11. The fourth-order valence-electron chi connectivity index (χ4n) is 3.08. The third-order valence-electron chi connectivity index (χ3n) is 4.28. The summed E-state index contributed by atoms with van der Waals surface area (Å²) >= 11 is 0. The topological polar surface area (TPSA) is 48.9 Å². The molecular weight excluding hydrogens is 324 g/mol. The maximum Gasteiger partial charge on any atom is 0.191 e. The number of guanidine groups is 1. The molecule has 0 spiro atoms. The lowest BCUT2D eigenvalue weighted by molar-refractivity contribution is 0.173. The minimum Gasteiger partial charge on any atom is -0.380 e. The minimum atomic E-state index is 0.580. The first-order chi connectivity index (χ1) is 12.5. The fourth-order valence-corrected chi connectivity index (χ4v) is 3.08. The van der Waals surface area contributed by atoms with Crippen LogP contribution in [0.3, 0.4) is 0 Å². The molecule has 0 aliphatic heterocycles. The van der Waals surface area contributed by atoms with E-state index in [1.165, 1.54) is 11.1 Å². The maximum atomic E-state index is 5.20. The molecular formula is C21H38N4O. The molecule has 5 nitrogen and oxygen atoms in total. The summed E-state index contributed by atoms with van der Waals surface area (Å²) in [6, 6.07) is 9.56. The number of nitrogens with one attached hydrogen (secondary N) is 2. The number of aliphatic imine (C=N–C) groups is 1. The van der Waals surface area contributed by atoms with Crippen LogP contribution >= 0.6 is 0 Å². The van der Waals surface area contributed by atoms with Crippen molar-refractivity contribution in [2.75, 3.05) is 26.7 Å². The third-order valence-corrected chi connectivity index (χ3v) is 4.28. The van der Waals surface area contributed by atoms with Gasteiger partial charge in [-0.25, -0.2) is 4.99 Å². The Hall–Kier alpha value is -1.59. The molecule has 0 saturated heterocycles. The van der Waals surface area contributed by atoms with Crippen molar-refractivity contribution >= 4 is 5.96 Å². The second-order valence-electron chi connectivity index (χ2n) is 7.15. The Morgan fingerprint density at radius 1 is 1.12 bits per heavy atom. The molecule has 0 saturated carbocycles. The lowest BCUT2D eigenvalue weighted by atomic mass is 10.1. The zero-order chi connectivity index (χ0) is 19.4. The predicted molar refractivity (Wildman–Crippen MR) is 112 cm³/mol. The van der Waals surface area contributed by atoms with Crippen LogP contribution in [0.2, 0.25) is 0 Å². The van der Waals surface area contributed by atoms with Crippen LogP contribution in [0.25, 0.3) is 0 Å². The van der Waals surface area contributed by atoms with E-state index in [9.17, 15) is 0 Å². The van der Waals surface area contributed by atoms with Crippen molar-refractivity contribution in [2.24, 2.45) is 4.99 Å². The smallest absolute Gasteiger partial charge is 0.191 e. The van der Waals surface area contributed by atoms with Crippen LogP contribution in [0, 0.1) is 0 Å². The Bertz CT molecular complexity index is 520. The summed E-state index contributed by atoms with van der Waals surface area (Å²) in [5.74, 6) is 0.880. The Morgan fingerprint density at radius 3 is 2.42 bits per heavy atom. The van der Waals surface area contributed by atoms with Crippen molar-refractivity contribution in [3.8, 4) is 0 Å². The molecule has 0 bridgehead atoms. The SMILES string of the molecule is CCNC(=NCc1cccc(COC)c1)NCCCN(C(C)C)C(C)C. The molecule has 0 amide bonds. The standard InChI is InChI=1S/C21H38N4O/c1-7-22-21(23-12-9-13-25(17(2)3)18(4)5)24-15-19-10-8-11-20(14-19)16-26-6/h8,10-11,14,17-18H,7,9,12-13,15-16H2,1-6H3,(H2,22,23,24). The largest absolute Gasteiger partial charge is 0.380 e. The molecule has 0 aliphatic carbocycles. The number of methoxy groups -OCH3 is 1. The molecule has 1 aromatic carbocycles. The van der Waals surface area contributed by atoms with E-state index in [1.54, 1.807) is 7.11 Å². The van der Waals surface area contributed by atoms with Crippen LogP contribution in [-0.4, -0.2) is 49.7 Å². The average Bonchev–Trinajstić information content (AvgIpc) is 2.59. The van der Waals surface area contributed by atoms with Gasteiger partial charge in [-0.2, -0.15) is 0 Å². The molecule has 0 aromatic heterocycles. The quantitative estimate of drug-likeness (QED) is 0.360. The number of hydrogen-bond acceptors (Lipinski definition) is 3. The van der Waals surface area contributed by atoms with Crippen molar-refractivity contribution < 1.29 is 4.74 Å². The molecule has 0 aliphatic rings. The average molecular weight is 363 g/mol. The second-order valence-corrected chi connectivity index (χ2v) is 7.15. The number of nitrogens with zero attached hydrogens (tertiary/aromatic N) is 2. The molecule has 1 aromatic rings. The van der Waals surface area contributed by atoms with Gasteiger partial charge in [-0.05, 0) is 52.2 Å². The summed E-state index contributed by atoms with van der Waals surface area (Å²) in [6.07, 6.45) is 1.10. The highest BCUT2D eigenvalue weighted by molar-refractivity contribution is 5.79. The third kappa shape index (κ3) is 8.68. The van der Waals surface area contributed by atoms with Gasteiger partial charge in [0, 0.05) is 38.8 Å². The molecule has 148 valence electrons. The van der Waals surface area contributed by atoms with Crippen molar-refractivity contribution in [1.82, 2.24) is 15.5 Å². The van der Waals surface area contributed by atoms with Gasteiger partial charge in [-0.15, -0.1) is 0 Å². The van der Waals surface area contributed by atoms with Crippen LogP contribution in [0.4, 0.5) is 0 Å². The van der Waals surface area contributed by atoms with E-state index in [1.807, 2.05) is 0 Å². The summed E-state index contributed by atoms with van der Waals surface area (Å²) in [6.45, 7) is 15.3. The highest BCUT2D eigenvalue weighted by Crippen LogP contribution is 2.08. The lowest BCUT2D eigenvalue weighted by Gasteiger charge is -2.30. The Kier molecular flexibility index (Phi) is 11.0. The highest BCUT2D eigenvalue weighted by atomic mass is 16.5. The highest BCUT2D eigenvalue weighted by Gasteiger charge is 2.12. The molecule has 2 N–H and O–H groups in total. The summed E-state index contributed by atoms with van der Waals surface area (Å²) in [5.41, 5.74) is 2.38. The van der Waals surface area contributed by atoms with Crippen LogP contribution in [-0.2, 0) is 17.9 Å². The minimum absolute atomic E-state index is 0.580. The van der Waals surface area contributed by atoms with Crippen molar-refractivity contribution in [2.45, 2.75) is 66.3 Å². The number of ether oxygens (including phenoxy) is 1. The van der Waals surface area contributed by atoms with Crippen molar-refractivity contribution in [1.29, 1.82) is 0 Å². The lowest BCUT2D eigenvalue weighted by Crippen LogP contribution is -2.41. The van der Waals surface area contributed by atoms with Crippen LogP contribution in [0.15, 0.2) is 29.3 Å². The summed E-state index contributed by atoms with van der Waals surface area (Å²) in [4.78, 5) is 7.23. The molecule has 0 atom stereocenters. The van der Waals surface area contributed by atoms with Crippen LogP contribution < -0.4 is 10.6 Å². The molecule has 0 heterocycles. The van der Waals surface area contributed by atoms with Gasteiger partial charge in [-0.3, -0.25) is 4.90 Å². The van der Waals surface area contributed by atoms with E-state index in [4.69, 9.17) is 9.73 Å². The fraction of sp³-hybridized carbons (Fsp3) is 0.667. The normalized spacial score (nSPS) is 12.3. The van der Waals surface area contributed by atoms with Gasteiger partial charge in [0.25, 0.3) is 0 Å². The first-order valence-electron chi connectivity index (χ1n) is 9.82. The van der Waals surface area contributed by atoms with E-state index in [0.717, 1.165) is 32.0 Å². The van der Waals surface area contributed by atoms with E-state index >= 15 is 0 Å². The van der Waals surface area contributed by atoms with E-state index in [2.05, 4.69) is 74.4 Å². The van der Waals surface area contributed by atoms with Crippen LogP contribution in [0.5, 0.6) is 0 Å². The zero-order valence-electron chi connectivity index (χ0n) is 17.5. The molecule has 0 fully saturated rings. The van der Waals surface area contributed by atoms with Gasteiger partial charge < -0.3 is 15.4 Å². The Morgan fingerprint density at radius 2 is 1.81 bits per heavy atom. The zero-order valence-corrected chi connectivity index (χ0v) is 17.5. The first kappa shape index (κ1) is 22.5. The molecule has 5 heteroatoms. The maximum absolute atomic E-state index is 5.20. The van der Waals surface area contributed by atoms with Gasteiger partial charge in [0.1, 0.15) is 0 Å². The van der Waals surface area contributed by atoms with Gasteiger partial charge in [0.2, 0.25) is 0 Å². The molecule has 26 heavy (non-hydrogen) atoms. The van der Waals surface area contributed by atoms with Gasteiger partial charge in [0.15, 0.2) is 5.96 Å². The Balaban J connectivity index is 2.52. The second kappa shape index (κ2) is 12.7. The molecule has 0 radical (unpaired) electrons. The van der Waals surface area contributed by atoms with Gasteiger partial charge in [-0.1, -0.05) is 24.3 Å². The van der Waals surface area contributed by atoms with E-state index in [0.29, 0.717) is 25.2 Å². The first-order valence-corrected chi connectivity index (χ1v) is 9.82. The number of benzene rings is 1. The predicted octanol–water partition coefficient (Wildman–Crippen LogP) is 3.40. The van der Waals surface area contributed by atoms with E-state index < -0.39 is 0 Å². The summed E-state index contributed by atoms with van der Waals surface area (Å²) < 4.78 is 5.20. The Labute approximate surface area is 160 Å². The molecule has 1 rings (SSSR count). The molecule has 0 unspecified atom stereocenters. The van der Waals surface area contributed by atoms with Crippen LogP contribution in [0.1, 0.15) is 52.2 Å². The summed E-state index contributed by atoms with van der Waals surface area (Å²) in [5, 5.41) is 6.78. The van der Waals surface area contributed by atoms with Gasteiger partial charge >= 0.3 is 0 Å². The van der Waals surface area contributed by atoms with Crippen molar-refractivity contribution in [3.05, 3.63) is 35.4 Å². The monoisotopic (exact) mass is 362 g/mol. The van der Waals surface area contributed by atoms with Crippen molar-refractivity contribution in [3.63, 3.8) is 0 Å². The van der Waals surface area contributed by atoms with Gasteiger partial charge in [0.05, 0.1) is 13.2 Å².